The Morgan fingerprint density at radius 1 is 0.657 bits per heavy atom. The van der Waals surface area contributed by atoms with E-state index in [9.17, 15) is 0 Å². The van der Waals surface area contributed by atoms with E-state index in [0.29, 0.717) is 11.8 Å². The van der Waals surface area contributed by atoms with E-state index in [2.05, 4.69) is 112 Å². The summed E-state index contributed by atoms with van der Waals surface area (Å²) in [6.45, 7) is 8.88. The summed E-state index contributed by atoms with van der Waals surface area (Å²) in [5.41, 5.74) is 10.1. The van der Waals surface area contributed by atoms with Gasteiger partial charge in [-0.25, -0.2) is 4.98 Å². The largest absolute Gasteiger partial charge is 0.337 e. The highest BCUT2D eigenvalue weighted by Gasteiger charge is 2.15. The van der Waals surface area contributed by atoms with Gasteiger partial charge < -0.3 is 4.98 Å². The van der Waals surface area contributed by atoms with Crippen molar-refractivity contribution in [1.82, 2.24) is 9.97 Å². The number of fused-ring (bicyclic) bond motifs is 1. The van der Waals surface area contributed by atoms with Crippen molar-refractivity contribution in [3.8, 4) is 22.3 Å². The van der Waals surface area contributed by atoms with Gasteiger partial charge in [0.15, 0.2) is 0 Å². The molecule has 174 valence electrons. The highest BCUT2D eigenvalue weighted by molar-refractivity contribution is 6.02. The van der Waals surface area contributed by atoms with Gasteiger partial charge in [0.1, 0.15) is 5.82 Å². The minimum absolute atomic E-state index is 0.394. The number of hydrogen-bond acceptors (Lipinski definition) is 2. The predicted molar refractivity (Wildman–Crippen MR) is 149 cm³/mol. The van der Waals surface area contributed by atoms with Gasteiger partial charge in [-0.2, -0.15) is 0 Å². The Hall–Kier alpha value is -3.98. The van der Waals surface area contributed by atoms with Crippen LogP contribution in [0.5, 0.6) is 0 Å². The zero-order valence-electron chi connectivity index (χ0n) is 20.8. The molecule has 1 heterocycles. The van der Waals surface area contributed by atoms with Gasteiger partial charge >= 0.3 is 0 Å². The average molecular weight is 458 g/mol. The zero-order valence-corrected chi connectivity index (χ0v) is 20.8. The van der Waals surface area contributed by atoms with Crippen molar-refractivity contribution in [2.45, 2.75) is 39.5 Å². The molecule has 5 aromatic rings. The summed E-state index contributed by atoms with van der Waals surface area (Å²) in [7, 11) is 0. The molecule has 0 bridgehead atoms. The second-order valence-electron chi connectivity index (χ2n) is 9.59. The standard InChI is InChI=1S/C32H31N3/c1-21(2)25-16-11-17-26(22(3)4)30(25)33-20-29-34-31-27(23-12-7-5-8-13-23)18-19-28(32(31)35-29)24-14-9-6-10-15-24/h5-22H,1-4H3,(H,34,35). The lowest BCUT2D eigenvalue weighted by atomic mass is 9.93. The number of imidazole rings is 1. The molecule has 1 aromatic heterocycles. The Morgan fingerprint density at radius 3 is 1.77 bits per heavy atom. The van der Waals surface area contributed by atoms with Gasteiger partial charge in [0.25, 0.3) is 0 Å². The summed E-state index contributed by atoms with van der Waals surface area (Å²) in [5.74, 6) is 1.55. The van der Waals surface area contributed by atoms with E-state index in [1.165, 1.54) is 11.1 Å². The molecule has 0 amide bonds. The Kier molecular flexibility index (Phi) is 6.33. The van der Waals surface area contributed by atoms with Gasteiger partial charge in [0.2, 0.25) is 0 Å². The fraction of sp³-hybridized carbons (Fsp3) is 0.188. The van der Waals surface area contributed by atoms with E-state index in [1.54, 1.807) is 0 Å². The van der Waals surface area contributed by atoms with Crippen LogP contribution in [0.15, 0.2) is 96.0 Å². The summed E-state index contributed by atoms with van der Waals surface area (Å²) in [6, 6.07) is 31.8. The highest BCUT2D eigenvalue weighted by atomic mass is 14.9. The second kappa shape index (κ2) is 9.71. The van der Waals surface area contributed by atoms with Crippen LogP contribution in [-0.2, 0) is 0 Å². The normalized spacial score (nSPS) is 11.8. The molecule has 35 heavy (non-hydrogen) atoms. The lowest BCUT2D eigenvalue weighted by Gasteiger charge is -2.16. The highest BCUT2D eigenvalue weighted by Crippen LogP contribution is 2.36. The van der Waals surface area contributed by atoms with Gasteiger partial charge in [0.05, 0.1) is 22.9 Å². The fourth-order valence-electron chi connectivity index (χ4n) is 4.67. The van der Waals surface area contributed by atoms with Crippen molar-refractivity contribution in [3.05, 3.63) is 108 Å². The van der Waals surface area contributed by atoms with Crippen LogP contribution in [0.4, 0.5) is 5.69 Å². The van der Waals surface area contributed by atoms with Crippen molar-refractivity contribution in [2.75, 3.05) is 0 Å². The Balaban J connectivity index is 1.67. The molecule has 0 fully saturated rings. The van der Waals surface area contributed by atoms with Crippen molar-refractivity contribution in [2.24, 2.45) is 4.99 Å². The van der Waals surface area contributed by atoms with E-state index in [1.807, 2.05) is 18.3 Å². The quantitative estimate of drug-likeness (QED) is 0.254. The molecule has 3 heteroatoms. The number of nitrogens with zero attached hydrogens (tertiary/aromatic N) is 2. The van der Waals surface area contributed by atoms with E-state index in [-0.39, 0.29) is 0 Å². The number of benzene rings is 4. The Labute approximate surface area is 207 Å². The molecule has 0 saturated carbocycles. The SMILES string of the molecule is CC(C)c1cccc(C(C)C)c1N=Cc1nc2c(-c3ccccc3)ccc(-c3ccccc3)c2[nH]1. The third kappa shape index (κ3) is 4.54. The first-order valence-corrected chi connectivity index (χ1v) is 12.3. The summed E-state index contributed by atoms with van der Waals surface area (Å²) in [5, 5.41) is 0. The Morgan fingerprint density at radius 2 is 1.20 bits per heavy atom. The van der Waals surface area contributed by atoms with Crippen molar-refractivity contribution >= 4 is 22.9 Å². The maximum atomic E-state index is 5.03. The number of aliphatic imine (C=N–C) groups is 1. The predicted octanol–water partition coefficient (Wildman–Crippen LogP) is 8.89. The third-order valence-corrected chi connectivity index (χ3v) is 6.49. The lowest BCUT2D eigenvalue weighted by Crippen LogP contribution is -1.96. The minimum atomic E-state index is 0.394. The van der Waals surface area contributed by atoms with Crippen LogP contribution < -0.4 is 0 Å². The van der Waals surface area contributed by atoms with Crippen LogP contribution in [0.25, 0.3) is 33.3 Å². The van der Waals surface area contributed by atoms with Gasteiger partial charge in [-0.15, -0.1) is 0 Å². The number of aromatic amines is 1. The maximum Gasteiger partial charge on any atom is 0.149 e. The average Bonchev–Trinajstić information content (AvgIpc) is 3.31. The van der Waals surface area contributed by atoms with Crippen molar-refractivity contribution in [1.29, 1.82) is 0 Å². The summed E-state index contributed by atoms with van der Waals surface area (Å²) in [6.07, 6.45) is 1.89. The lowest BCUT2D eigenvalue weighted by molar-refractivity contribution is 0.835. The molecule has 0 unspecified atom stereocenters. The van der Waals surface area contributed by atoms with Gasteiger partial charge in [-0.1, -0.05) is 119 Å². The maximum absolute atomic E-state index is 5.03. The molecule has 0 radical (unpaired) electrons. The summed E-state index contributed by atoms with van der Waals surface area (Å²) >= 11 is 0. The monoisotopic (exact) mass is 457 g/mol. The number of rotatable bonds is 6. The summed E-state index contributed by atoms with van der Waals surface area (Å²) in [4.78, 5) is 13.6. The van der Waals surface area contributed by atoms with E-state index >= 15 is 0 Å². The first-order chi connectivity index (χ1) is 17.0. The first kappa shape index (κ1) is 22.8. The molecule has 0 aliphatic rings. The van der Waals surface area contributed by atoms with Crippen molar-refractivity contribution in [3.63, 3.8) is 0 Å². The van der Waals surface area contributed by atoms with Crippen molar-refractivity contribution < 1.29 is 0 Å². The van der Waals surface area contributed by atoms with Crippen LogP contribution in [-0.4, -0.2) is 16.2 Å². The molecule has 0 aliphatic carbocycles. The molecule has 5 rings (SSSR count). The molecule has 0 saturated heterocycles. The van der Waals surface area contributed by atoms with E-state index in [0.717, 1.165) is 44.8 Å². The molecular weight excluding hydrogens is 426 g/mol. The molecule has 0 aliphatic heterocycles. The molecular formula is C32H31N3. The van der Waals surface area contributed by atoms with Crippen LogP contribution in [0.1, 0.15) is 56.5 Å². The smallest absolute Gasteiger partial charge is 0.149 e. The van der Waals surface area contributed by atoms with Crippen LogP contribution >= 0.6 is 0 Å². The van der Waals surface area contributed by atoms with Crippen LogP contribution in [0.3, 0.4) is 0 Å². The number of hydrogen-bond donors (Lipinski definition) is 1. The fourth-order valence-corrected chi connectivity index (χ4v) is 4.67. The zero-order chi connectivity index (χ0) is 24.4. The topological polar surface area (TPSA) is 41.0 Å². The van der Waals surface area contributed by atoms with Gasteiger partial charge in [-0.05, 0) is 34.1 Å². The molecule has 4 aromatic carbocycles. The number of aromatic nitrogens is 2. The number of para-hydroxylation sites is 1. The van der Waals surface area contributed by atoms with Gasteiger partial charge in [-0.3, -0.25) is 4.99 Å². The third-order valence-electron chi connectivity index (χ3n) is 6.49. The van der Waals surface area contributed by atoms with E-state index in [4.69, 9.17) is 9.98 Å². The van der Waals surface area contributed by atoms with E-state index < -0.39 is 0 Å². The first-order valence-electron chi connectivity index (χ1n) is 12.3. The molecule has 0 atom stereocenters. The molecule has 0 spiro atoms. The van der Waals surface area contributed by atoms with Crippen LogP contribution in [0, 0.1) is 0 Å². The second-order valence-corrected chi connectivity index (χ2v) is 9.59. The van der Waals surface area contributed by atoms with Gasteiger partial charge in [0, 0.05) is 11.1 Å². The Bertz CT molecular complexity index is 1370. The van der Waals surface area contributed by atoms with Crippen LogP contribution in [0.2, 0.25) is 0 Å². The molecule has 3 nitrogen and oxygen atoms in total. The number of H-pyrrole nitrogens is 1. The summed E-state index contributed by atoms with van der Waals surface area (Å²) < 4.78 is 0. The minimum Gasteiger partial charge on any atom is -0.337 e. The molecule has 1 N–H and O–H groups in total. The number of nitrogens with one attached hydrogen (secondary N) is 1.